The maximum atomic E-state index is 13.8. The maximum Gasteiger partial charge on any atom is 0.407 e. The number of aromatic nitrogens is 4. The van der Waals surface area contributed by atoms with Crippen molar-refractivity contribution in [2.75, 3.05) is 20.2 Å². The van der Waals surface area contributed by atoms with Gasteiger partial charge in [0.05, 0.1) is 43.0 Å². The molecule has 0 spiro atoms. The number of nitrogens with two attached hydrogens (primary N) is 1. The SMILES string of the molecule is COC(=O)N[C@H](C(=O)N1CCC[C@H]1c1ncc(-c2ccc(-c3ccc(-c4cnc([C@@H]5CCCN5C(=O)[C@H](Cc5ccc(CN)cc5)NC(=O)O)[nH]4)cc3)cc2)[nH]1)C(C)C. The first kappa shape index (κ1) is 40.7. The zero-order chi connectivity index (χ0) is 41.6. The molecule has 0 saturated carbocycles. The Hall–Kier alpha value is -6.48. The summed E-state index contributed by atoms with van der Waals surface area (Å²) in [5, 5.41) is 14.7. The molecule has 5 aromatic rings. The van der Waals surface area contributed by atoms with Gasteiger partial charge in [-0.05, 0) is 65.0 Å². The van der Waals surface area contributed by atoms with E-state index in [4.69, 9.17) is 10.5 Å². The van der Waals surface area contributed by atoms with Gasteiger partial charge >= 0.3 is 12.2 Å². The second kappa shape index (κ2) is 18.0. The quantitative estimate of drug-likeness (QED) is 0.0802. The minimum absolute atomic E-state index is 0.113. The van der Waals surface area contributed by atoms with Crippen molar-refractivity contribution in [2.24, 2.45) is 11.7 Å². The molecule has 2 aromatic heterocycles. The first-order valence-electron chi connectivity index (χ1n) is 20.1. The highest BCUT2D eigenvalue weighted by Crippen LogP contribution is 2.35. The van der Waals surface area contributed by atoms with Crippen LogP contribution in [0.3, 0.4) is 0 Å². The molecule has 4 atom stereocenters. The highest BCUT2D eigenvalue weighted by atomic mass is 16.5. The Morgan fingerprint density at radius 3 is 1.68 bits per heavy atom. The largest absolute Gasteiger partial charge is 0.465 e. The molecule has 4 amide bonds. The number of carboxylic acid groups (broad SMARTS) is 1. The normalized spacial score (nSPS) is 17.5. The van der Waals surface area contributed by atoms with Crippen LogP contribution in [0, 0.1) is 5.92 Å². The van der Waals surface area contributed by atoms with Gasteiger partial charge in [0, 0.05) is 26.1 Å². The van der Waals surface area contributed by atoms with E-state index in [0.717, 1.165) is 64.0 Å². The molecular formula is C44H51N9O6. The Labute approximate surface area is 342 Å². The zero-order valence-corrected chi connectivity index (χ0v) is 33.5. The molecular weight excluding hydrogens is 751 g/mol. The Balaban J connectivity index is 0.995. The van der Waals surface area contributed by atoms with Gasteiger partial charge in [0.25, 0.3) is 0 Å². The molecule has 2 aliphatic rings. The van der Waals surface area contributed by atoms with Crippen molar-refractivity contribution in [3.8, 4) is 33.6 Å². The molecule has 3 aromatic carbocycles. The van der Waals surface area contributed by atoms with Crippen LogP contribution in [0.25, 0.3) is 33.6 Å². The second-order valence-corrected chi connectivity index (χ2v) is 15.5. The number of carbonyl (C=O) groups is 4. The highest BCUT2D eigenvalue weighted by molar-refractivity contribution is 5.87. The molecule has 15 heteroatoms. The summed E-state index contributed by atoms with van der Waals surface area (Å²) in [6.45, 7) is 5.28. The molecule has 0 aliphatic carbocycles. The average molecular weight is 802 g/mol. The van der Waals surface area contributed by atoms with E-state index in [2.05, 4.69) is 54.8 Å². The third-order valence-electron chi connectivity index (χ3n) is 11.3. The number of methoxy groups -OCH3 is 1. The van der Waals surface area contributed by atoms with Gasteiger partial charge in [-0.3, -0.25) is 9.59 Å². The Kier molecular flexibility index (Phi) is 12.4. The zero-order valence-electron chi connectivity index (χ0n) is 33.5. The highest BCUT2D eigenvalue weighted by Gasteiger charge is 2.38. The summed E-state index contributed by atoms with van der Waals surface area (Å²) >= 11 is 0. The number of alkyl carbamates (subject to hydrolysis) is 1. The van der Waals surface area contributed by atoms with Crippen molar-refractivity contribution >= 4 is 24.0 Å². The number of nitrogens with one attached hydrogen (secondary N) is 4. The first-order chi connectivity index (χ1) is 28.5. The molecule has 2 fully saturated rings. The van der Waals surface area contributed by atoms with Crippen molar-refractivity contribution in [3.05, 3.63) is 108 Å². The van der Waals surface area contributed by atoms with Crippen LogP contribution in [0.4, 0.5) is 9.59 Å². The van der Waals surface area contributed by atoms with Gasteiger partial charge in [-0.25, -0.2) is 19.6 Å². The van der Waals surface area contributed by atoms with E-state index in [1.165, 1.54) is 7.11 Å². The predicted octanol–water partition coefficient (Wildman–Crippen LogP) is 6.18. The van der Waals surface area contributed by atoms with Crippen LogP contribution in [0.1, 0.15) is 74.4 Å². The molecule has 0 unspecified atom stereocenters. The molecule has 59 heavy (non-hydrogen) atoms. The molecule has 2 aliphatic heterocycles. The van der Waals surface area contributed by atoms with Crippen LogP contribution in [0.2, 0.25) is 0 Å². The van der Waals surface area contributed by atoms with Gasteiger partial charge in [-0.2, -0.15) is 0 Å². The number of nitrogens with zero attached hydrogens (tertiary/aromatic N) is 4. The number of hydrogen-bond acceptors (Lipinski definition) is 8. The summed E-state index contributed by atoms with van der Waals surface area (Å²) in [6.07, 6.45) is 5.01. The molecule has 0 radical (unpaired) electrons. The lowest BCUT2D eigenvalue weighted by molar-refractivity contribution is -0.135. The van der Waals surface area contributed by atoms with Gasteiger partial charge < -0.3 is 46.0 Å². The fourth-order valence-electron chi connectivity index (χ4n) is 8.09. The van der Waals surface area contributed by atoms with Crippen LogP contribution in [0.5, 0.6) is 0 Å². The third kappa shape index (κ3) is 9.15. The Bertz CT molecular complexity index is 2250. The van der Waals surface area contributed by atoms with E-state index in [0.29, 0.717) is 37.7 Å². The van der Waals surface area contributed by atoms with E-state index in [-0.39, 0.29) is 36.2 Å². The molecule has 4 heterocycles. The summed E-state index contributed by atoms with van der Waals surface area (Å²) in [7, 11) is 1.28. The summed E-state index contributed by atoms with van der Waals surface area (Å²) in [5.41, 5.74) is 13.2. The number of rotatable bonds is 13. The summed E-state index contributed by atoms with van der Waals surface area (Å²) in [5.74, 6) is 0.834. The van der Waals surface area contributed by atoms with E-state index in [9.17, 15) is 24.3 Å². The standard InChI is InChI=1S/C44H51N9O6/c1-26(2)38(51-44(58)59-3)42(55)53-21-5-7-37(53)40-47-25-35(49-40)32-18-14-30(15-19-32)29-12-16-31(17-13-29)34-24-46-39(48-34)36-6-4-20-52(36)41(54)33(50-43(56)57)22-27-8-10-28(23-45)11-9-27/h8-19,24-26,33,36-38,50H,4-7,20-23,45H2,1-3H3,(H,46,48)(H,47,49)(H,51,58)(H,56,57)/t33-,36-,37-,38-/m0/s1. The number of carbonyl (C=O) groups excluding carboxylic acids is 3. The minimum Gasteiger partial charge on any atom is -0.465 e. The van der Waals surface area contributed by atoms with Crippen molar-refractivity contribution in [1.82, 2.24) is 40.4 Å². The topological polar surface area (TPSA) is 212 Å². The lowest BCUT2D eigenvalue weighted by Crippen LogP contribution is -2.51. The number of ether oxygens (including phenoxy) is 1. The molecule has 15 nitrogen and oxygen atoms in total. The smallest absolute Gasteiger partial charge is 0.407 e. The molecule has 0 bridgehead atoms. The molecule has 308 valence electrons. The van der Waals surface area contributed by atoms with Gasteiger partial charge in [0.15, 0.2) is 0 Å². The van der Waals surface area contributed by atoms with E-state index in [1.807, 2.05) is 62.4 Å². The summed E-state index contributed by atoms with van der Waals surface area (Å²) in [6, 6.07) is 21.7. The van der Waals surface area contributed by atoms with Crippen LogP contribution in [-0.2, 0) is 27.3 Å². The van der Waals surface area contributed by atoms with Crippen molar-refractivity contribution in [2.45, 2.75) is 76.7 Å². The van der Waals surface area contributed by atoms with Crippen molar-refractivity contribution in [3.63, 3.8) is 0 Å². The minimum atomic E-state index is -1.25. The van der Waals surface area contributed by atoms with Crippen molar-refractivity contribution < 1.29 is 29.0 Å². The van der Waals surface area contributed by atoms with E-state index < -0.39 is 24.3 Å². The lowest BCUT2D eigenvalue weighted by atomic mass is 10.0. The fraction of sp³-hybridized carbons (Fsp3) is 0.364. The number of benzene rings is 3. The number of hydrogen-bond donors (Lipinski definition) is 6. The third-order valence-corrected chi connectivity index (χ3v) is 11.3. The number of amides is 4. The molecule has 7 N–H and O–H groups in total. The number of likely N-dealkylation sites (tertiary alicyclic amines) is 2. The molecule has 7 rings (SSSR count). The number of H-pyrrole nitrogens is 2. The lowest BCUT2D eigenvalue weighted by Gasteiger charge is -2.30. The van der Waals surface area contributed by atoms with E-state index in [1.54, 1.807) is 22.2 Å². The average Bonchev–Trinajstić information content (AvgIpc) is 4.09. The van der Waals surface area contributed by atoms with Gasteiger partial charge in [-0.15, -0.1) is 0 Å². The van der Waals surface area contributed by atoms with Crippen LogP contribution in [0.15, 0.2) is 85.2 Å². The number of imidazole rings is 2. The van der Waals surface area contributed by atoms with Crippen LogP contribution < -0.4 is 16.4 Å². The van der Waals surface area contributed by atoms with Gasteiger partial charge in [0.2, 0.25) is 11.8 Å². The predicted molar refractivity (Wildman–Crippen MR) is 222 cm³/mol. The van der Waals surface area contributed by atoms with Crippen molar-refractivity contribution in [1.29, 1.82) is 0 Å². The monoisotopic (exact) mass is 801 g/mol. The van der Waals surface area contributed by atoms with Gasteiger partial charge in [0.1, 0.15) is 23.7 Å². The fourth-order valence-corrected chi connectivity index (χ4v) is 8.09. The number of aromatic amines is 2. The second-order valence-electron chi connectivity index (χ2n) is 15.5. The Morgan fingerprint density at radius 2 is 1.22 bits per heavy atom. The molecule has 2 saturated heterocycles. The Morgan fingerprint density at radius 1 is 0.746 bits per heavy atom. The van der Waals surface area contributed by atoms with Crippen LogP contribution >= 0.6 is 0 Å². The summed E-state index contributed by atoms with van der Waals surface area (Å²) < 4.78 is 4.75. The van der Waals surface area contributed by atoms with Crippen LogP contribution in [-0.4, -0.2) is 91.1 Å². The first-order valence-corrected chi connectivity index (χ1v) is 20.1. The summed E-state index contributed by atoms with van der Waals surface area (Å²) in [4.78, 5) is 70.8. The van der Waals surface area contributed by atoms with Gasteiger partial charge in [-0.1, -0.05) is 86.6 Å². The van der Waals surface area contributed by atoms with E-state index >= 15 is 0 Å². The maximum absolute atomic E-state index is 13.8.